The maximum Gasteiger partial charge on any atom is 0.0663 e. The highest BCUT2D eigenvalue weighted by atomic mass is 16.5. The summed E-state index contributed by atoms with van der Waals surface area (Å²) >= 11 is 0. The number of ether oxygens (including phenoxy) is 2. The van der Waals surface area contributed by atoms with Gasteiger partial charge in [0, 0.05) is 56.0 Å². The molecule has 0 fully saturated rings. The summed E-state index contributed by atoms with van der Waals surface area (Å²) in [6.45, 7) is 8.77. The molecular formula is C15H27N3O2. The Hall–Kier alpha value is -1.17. The van der Waals surface area contributed by atoms with Gasteiger partial charge in [-0.3, -0.25) is 4.98 Å². The summed E-state index contributed by atoms with van der Waals surface area (Å²) in [6.07, 6.45) is 0. The van der Waals surface area contributed by atoms with Crippen LogP contribution in [0.2, 0.25) is 0 Å². The Morgan fingerprint density at radius 2 is 2.00 bits per heavy atom. The van der Waals surface area contributed by atoms with Crippen LogP contribution < -0.4 is 10.6 Å². The van der Waals surface area contributed by atoms with Crippen LogP contribution in [-0.2, 0) is 16.0 Å². The average molecular weight is 281 g/mol. The fourth-order valence-corrected chi connectivity index (χ4v) is 2.44. The number of pyridine rings is 1. The number of rotatable bonds is 8. The first-order chi connectivity index (χ1) is 9.54. The molecule has 1 rings (SSSR count). The van der Waals surface area contributed by atoms with Crippen molar-refractivity contribution in [3.8, 4) is 0 Å². The summed E-state index contributed by atoms with van der Waals surface area (Å²) in [5.41, 5.74) is 10.1. The Morgan fingerprint density at radius 3 is 2.55 bits per heavy atom. The standard InChI is InChI=1S/C15H27N3O2/c1-11-8-15(14(9-16)13(3)17-11)18(6-7-19-4)12(2)10-20-5/h8,12H,6-7,9-10,16H2,1-5H3. The zero-order chi connectivity index (χ0) is 15.1. The van der Waals surface area contributed by atoms with Crippen molar-refractivity contribution in [1.82, 2.24) is 4.98 Å². The first-order valence-corrected chi connectivity index (χ1v) is 6.96. The number of nitrogens with zero attached hydrogens (tertiary/aromatic N) is 2. The lowest BCUT2D eigenvalue weighted by molar-refractivity contribution is 0.171. The highest BCUT2D eigenvalue weighted by Gasteiger charge is 2.19. The molecule has 0 bridgehead atoms. The highest BCUT2D eigenvalue weighted by Crippen LogP contribution is 2.25. The van der Waals surface area contributed by atoms with Crippen LogP contribution in [0.3, 0.4) is 0 Å². The van der Waals surface area contributed by atoms with E-state index >= 15 is 0 Å². The molecule has 0 aromatic carbocycles. The van der Waals surface area contributed by atoms with Gasteiger partial charge in [0.15, 0.2) is 0 Å². The fourth-order valence-electron chi connectivity index (χ4n) is 2.44. The number of hydrogen-bond donors (Lipinski definition) is 1. The second-order valence-electron chi connectivity index (χ2n) is 5.04. The minimum absolute atomic E-state index is 0.252. The van der Waals surface area contributed by atoms with Crippen molar-refractivity contribution in [3.05, 3.63) is 23.0 Å². The molecule has 5 heteroatoms. The van der Waals surface area contributed by atoms with Gasteiger partial charge in [-0.2, -0.15) is 0 Å². The molecule has 0 aliphatic heterocycles. The largest absolute Gasteiger partial charge is 0.383 e. The fraction of sp³-hybridized carbons (Fsp3) is 0.667. The summed E-state index contributed by atoms with van der Waals surface area (Å²) in [4.78, 5) is 6.79. The summed E-state index contributed by atoms with van der Waals surface area (Å²) in [7, 11) is 3.43. The van der Waals surface area contributed by atoms with Gasteiger partial charge in [0.05, 0.1) is 13.2 Å². The van der Waals surface area contributed by atoms with Crippen molar-refractivity contribution in [2.45, 2.75) is 33.4 Å². The molecule has 0 saturated carbocycles. The molecule has 1 atom stereocenters. The highest BCUT2D eigenvalue weighted by molar-refractivity contribution is 5.56. The normalized spacial score (nSPS) is 12.5. The maximum absolute atomic E-state index is 5.91. The molecule has 20 heavy (non-hydrogen) atoms. The smallest absolute Gasteiger partial charge is 0.0663 e. The zero-order valence-corrected chi connectivity index (χ0v) is 13.3. The van der Waals surface area contributed by atoms with E-state index in [0.29, 0.717) is 19.8 Å². The Morgan fingerprint density at radius 1 is 1.30 bits per heavy atom. The Balaban J connectivity index is 3.17. The third kappa shape index (κ3) is 4.16. The van der Waals surface area contributed by atoms with Gasteiger partial charge in [0.2, 0.25) is 0 Å². The van der Waals surface area contributed by atoms with Crippen molar-refractivity contribution in [2.24, 2.45) is 5.73 Å². The molecule has 0 spiro atoms. The van der Waals surface area contributed by atoms with Gasteiger partial charge >= 0.3 is 0 Å². The summed E-state index contributed by atoms with van der Waals surface area (Å²) in [6, 6.07) is 2.35. The SMILES string of the molecule is COCCN(c1cc(C)nc(C)c1CN)C(C)COC. The van der Waals surface area contributed by atoms with Crippen LogP contribution in [-0.4, -0.2) is 45.0 Å². The molecule has 0 aliphatic carbocycles. The first kappa shape index (κ1) is 16.9. The molecular weight excluding hydrogens is 254 g/mol. The van der Waals surface area contributed by atoms with E-state index in [1.165, 1.54) is 0 Å². The molecule has 1 heterocycles. The van der Waals surface area contributed by atoms with E-state index < -0.39 is 0 Å². The van der Waals surface area contributed by atoms with Gasteiger partial charge in [-0.05, 0) is 26.8 Å². The Kier molecular flexibility index (Phi) is 6.91. The van der Waals surface area contributed by atoms with Crippen LogP contribution >= 0.6 is 0 Å². The third-order valence-corrected chi connectivity index (χ3v) is 3.43. The average Bonchev–Trinajstić information content (AvgIpc) is 2.39. The summed E-state index contributed by atoms with van der Waals surface area (Å²) in [5.74, 6) is 0. The van der Waals surface area contributed by atoms with Crippen molar-refractivity contribution in [2.75, 3.05) is 38.9 Å². The molecule has 114 valence electrons. The lowest BCUT2D eigenvalue weighted by Gasteiger charge is -2.33. The Labute approximate surface area is 122 Å². The van der Waals surface area contributed by atoms with Crippen molar-refractivity contribution >= 4 is 5.69 Å². The van der Waals surface area contributed by atoms with Gasteiger partial charge in [-0.25, -0.2) is 0 Å². The van der Waals surface area contributed by atoms with Crippen LogP contribution in [0.25, 0.3) is 0 Å². The second-order valence-corrected chi connectivity index (χ2v) is 5.04. The van der Waals surface area contributed by atoms with E-state index in [2.05, 4.69) is 22.9 Å². The summed E-state index contributed by atoms with van der Waals surface area (Å²) < 4.78 is 10.5. The minimum atomic E-state index is 0.252. The Bertz CT molecular complexity index is 424. The predicted octanol–water partition coefficient (Wildman–Crippen LogP) is 1.64. The molecule has 0 amide bonds. The van der Waals surface area contributed by atoms with Crippen molar-refractivity contribution in [3.63, 3.8) is 0 Å². The van der Waals surface area contributed by atoms with E-state index in [1.54, 1.807) is 14.2 Å². The van der Waals surface area contributed by atoms with Crippen LogP contribution in [0.5, 0.6) is 0 Å². The van der Waals surface area contributed by atoms with Gasteiger partial charge in [-0.15, -0.1) is 0 Å². The molecule has 0 radical (unpaired) electrons. The first-order valence-electron chi connectivity index (χ1n) is 6.96. The second kappa shape index (κ2) is 8.19. The molecule has 5 nitrogen and oxygen atoms in total. The van der Waals surface area contributed by atoms with Crippen molar-refractivity contribution < 1.29 is 9.47 Å². The minimum Gasteiger partial charge on any atom is -0.383 e. The topological polar surface area (TPSA) is 60.6 Å². The van der Waals surface area contributed by atoms with E-state index in [1.807, 2.05) is 13.8 Å². The number of aryl methyl sites for hydroxylation is 2. The van der Waals surface area contributed by atoms with Gasteiger partial charge in [0.1, 0.15) is 0 Å². The van der Waals surface area contributed by atoms with E-state index in [-0.39, 0.29) is 6.04 Å². The third-order valence-electron chi connectivity index (χ3n) is 3.43. The quantitative estimate of drug-likeness (QED) is 0.785. The maximum atomic E-state index is 5.91. The zero-order valence-electron chi connectivity index (χ0n) is 13.3. The van der Waals surface area contributed by atoms with E-state index in [4.69, 9.17) is 15.2 Å². The molecule has 1 aromatic heterocycles. The van der Waals surface area contributed by atoms with Gasteiger partial charge < -0.3 is 20.1 Å². The molecule has 1 unspecified atom stereocenters. The van der Waals surface area contributed by atoms with Gasteiger partial charge in [-0.1, -0.05) is 0 Å². The monoisotopic (exact) mass is 281 g/mol. The predicted molar refractivity (Wildman–Crippen MR) is 82.2 cm³/mol. The van der Waals surface area contributed by atoms with Crippen LogP contribution in [0.4, 0.5) is 5.69 Å². The molecule has 2 N–H and O–H groups in total. The number of hydrogen-bond acceptors (Lipinski definition) is 5. The number of methoxy groups -OCH3 is 2. The van der Waals surface area contributed by atoms with Crippen LogP contribution in [0.1, 0.15) is 23.9 Å². The lowest BCUT2D eigenvalue weighted by Crippen LogP contribution is -2.39. The van der Waals surface area contributed by atoms with Crippen LogP contribution in [0.15, 0.2) is 6.07 Å². The van der Waals surface area contributed by atoms with E-state index in [9.17, 15) is 0 Å². The van der Waals surface area contributed by atoms with Crippen molar-refractivity contribution in [1.29, 1.82) is 0 Å². The van der Waals surface area contributed by atoms with Crippen LogP contribution in [0, 0.1) is 13.8 Å². The lowest BCUT2D eigenvalue weighted by atomic mass is 10.1. The number of nitrogens with two attached hydrogens (primary N) is 1. The molecule has 0 saturated heterocycles. The summed E-state index contributed by atoms with van der Waals surface area (Å²) in [5, 5.41) is 0. The van der Waals surface area contributed by atoms with E-state index in [0.717, 1.165) is 29.2 Å². The molecule has 0 aliphatic rings. The number of aromatic nitrogens is 1. The number of anilines is 1. The molecule has 1 aromatic rings. The van der Waals surface area contributed by atoms with Gasteiger partial charge in [0.25, 0.3) is 0 Å².